The highest BCUT2D eigenvalue weighted by Gasteiger charge is 2.61. The highest BCUT2D eigenvalue weighted by Crippen LogP contribution is 2.60. The first-order chi connectivity index (χ1) is 14.6. The van der Waals surface area contributed by atoms with Gasteiger partial charge in [0.2, 0.25) is 0 Å². The molecule has 0 saturated carbocycles. The van der Waals surface area contributed by atoms with Gasteiger partial charge in [-0.3, -0.25) is 9.59 Å². The van der Waals surface area contributed by atoms with Crippen molar-refractivity contribution in [1.29, 1.82) is 0 Å². The third kappa shape index (κ3) is 2.31. The van der Waals surface area contributed by atoms with E-state index in [2.05, 4.69) is 29.4 Å². The molecule has 3 aliphatic carbocycles. The number of halogens is 1. The average Bonchev–Trinajstić information content (AvgIpc) is 3.03. The summed E-state index contributed by atoms with van der Waals surface area (Å²) in [5.74, 6) is -1.50. The Morgan fingerprint density at radius 3 is 1.70 bits per heavy atom. The first-order valence-electron chi connectivity index (χ1n) is 10.00. The minimum Gasteiger partial charge on any atom is -0.272 e. The van der Waals surface area contributed by atoms with E-state index < -0.39 is 11.8 Å². The van der Waals surface area contributed by atoms with Crippen molar-refractivity contribution in [2.45, 2.75) is 11.8 Å². The van der Waals surface area contributed by atoms with Crippen molar-refractivity contribution in [3.05, 3.63) is 106 Å². The summed E-state index contributed by atoms with van der Waals surface area (Å²) in [7, 11) is 0. The number of hydrogen-bond donors (Lipinski definition) is 0. The van der Waals surface area contributed by atoms with Crippen LogP contribution in [-0.2, 0) is 9.59 Å². The van der Waals surface area contributed by atoms with Crippen LogP contribution in [-0.4, -0.2) is 23.0 Å². The molecule has 3 aromatic rings. The summed E-state index contributed by atoms with van der Waals surface area (Å²) in [6.45, 7) is 0. The van der Waals surface area contributed by atoms with Crippen LogP contribution in [0.4, 0.5) is 0 Å². The topological polar surface area (TPSA) is 49.7 Å². The molecule has 7 rings (SSSR count). The fraction of sp³-hybridized carbons (Fsp3) is 0.160. The van der Waals surface area contributed by atoms with Crippen molar-refractivity contribution < 1.29 is 9.59 Å². The van der Waals surface area contributed by atoms with E-state index in [1.165, 1.54) is 6.21 Å². The molecule has 3 aromatic carbocycles. The van der Waals surface area contributed by atoms with E-state index in [0.717, 1.165) is 32.8 Å². The summed E-state index contributed by atoms with van der Waals surface area (Å²) in [5, 5.41) is 5.95. The predicted octanol–water partition coefficient (Wildman–Crippen LogP) is 4.57. The maximum Gasteiger partial charge on any atom is 0.254 e. The maximum atomic E-state index is 13.4. The molecule has 5 heteroatoms. The third-order valence-corrected chi connectivity index (χ3v) is 6.83. The molecule has 1 heterocycles. The maximum absolute atomic E-state index is 13.4. The predicted molar refractivity (Wildman–Crippen MR) is 114 cm³/mol. The Bertz CT molecular complexity index is 1140. The van der Waals surface area contributed by atoms with Crippen LogP contribution in [0.2, 0.25) is 5.02 Å². The molecule has 2 bridgehead atoms. The molecule has 1 saturated heterocycles. The van der Waals surface area contributed by atoms with Crippen LogP contribution < -0.4 is 0 Å². The minimum atomic E-state index is -0.413. The second-order valence-corrected chi connectivity index (χ2v) is 8.49. The Labute approximate surface area is 178 Å². The summed E-state index contributed by atoms with van der Waals surface area (Å²) < 4.78 is 0. The summed E-state index contributed by atoms with van der Waals surface area (Å²) in [4.78, 5) is 26.8. The number of rotatable bonds is 2. The lowest BCUT2D eigenvalue weighted by Gasteiger charge is -2.45. The van der Waals surface area contributed by atoms with Crippen LogP contribution in [0.3, 0.4) is 0 Å². The van der Waals surface area contributed by atoms with Crippen LogP contribution in [0.15, 0.2) is 77.9 Å². The van der Waals surface area contributed by atoms with Gasteiger partial charge < -0.3 is 0 Å². The van der Waals surface area contributed by atoms with Gasteiger partial charge in [-0.15, -0.1) is 0 Å². The zero-order valence-corrected chi connectivity index (χ0v) is 16.7. The molecular weight excluding hydrogens is 396 g/mol. The number of amides is 2. The molecule has 0 radical (unpaired) electrons. The van der Waals surface area contributed by atoms with Gasteiger partial charge >= 0.3 is 0 Å². The fourth-order valence-corrected chi connectivity index (χ4v) is 5.69. The summed E-state index contributed by atoms with van der Waals surface area (Å²) in [6, 6.07) is 23.6. The van der Waals surface area contributed by atoms with E-state index in [-0.39, 0.29) is 23.7 Å². The molecule has 0 unspecified atom stereocenters. The van der Waals surface area contributed by atoms with Gasteiger partial charge in [-0.2, -0.15) is 10.1 Å². The number of carbonyl (C=O) groups is 2. The average molecular weight is 413 g/mol. The molecule has 0 N–H and O–H groups in total. The van der Waals surface area contributed by atoms with E-state index in [4.69, 9.17) is 11.6 Å². The smallest absolute Gasteiger partial charge is 0.254 e. The molecule has 30 heavy (non-hydrogen) atoms. The van der Waals surface area contributed by atoms with E-state index in [1.54, 1.807) is 12.1 Å². The Balaban J connectivity index is 1.46. The molecular formula is C25H17ClN2O2. The van der Waals surface area contributed by atoms with E-state index in [0.29, 0.717) is 5.02 Å². The largest absolute Gasteiger partial charge is 0.272 e. The van der Waals surface area contributed by atoms with Gasteiger partial charge in [0.1, 0.15) is 0 Å². The highest BCUT2D eigenvalue weighted by atomic mass is 35.5. The zero-order valence-electron chi connectivity index (χ0n) is 15.9. The Kier molecular flexibility index (Phi) is 3.74. The van der Waals surface area contributed by atoms with E-state index in [1.807, 2.05) is 36.4 Å². The Morgan fingerprint density at radius 1 is 0.733 bits per heavy atom. The Morgan fingerprint density at radius 2 is 1.23 bits per heavy atom. The van der Waals surface area contributed by atoms with Crippen molar-refractivity contribution in [3.63, 3.8) is 0 Å². The molecule has 2 atom stereocenters. The first-order valence-corrected chi connectivity index (χ1v) is 10.4. The zero-order chi connectivity index (χ0) is 20.4. The van der Waals surface area contributed by atoms with E-state index >= 15 is 0 Å². The van der Waals surface area contributed by atoms with Crippen molar-refractivity contribution in [1.82, 2.24) is 5.01 Å². The number of nitrogens with zero attached hydrogens (tertiary/aromatic N) is 2. The Hall–Kier alpha value is -3.24. The van der Waals surface area contributed by atoms with Gasteiger partial charge in [0, 0.05) is 16.9 Å². The molecule has 146 valence electrons. The number of imide groups is 1. The van der Waals surface area contributed by atoms with Gasteiger partial charge in [0.05, 0.1) is 18.1 Å². The molecule has 1 aliphatic heterocycles. The molecule has 2 amide bonds. The number of carbonyl (C=O) groups excluding carboxylic acids is 2. The lowest BCUT2D eigenvalue weighted by atomic mass is 9.55. The monoisotopic (exact) mass is 412 g/mol. The van der Waals surface area contributed by atoms with Crippen LogP contribution in [0.25, 0.3) is 0 Å². The quantitative estimate of drug-likeness (QED) is 0.457. The molecule has 1 fully saturated rings. The van der Waals surface area contributed by atoms with Gasteiger partial charge in [-0.1, -0.05) is 72.3 Å². The second kappa shape index (κ2) is 6.38. The van der Waals surface area contributed by atoms with Gasteiger partial charge in [0.25, 0.3) is 11.8 Å². The first kappa shape index (κ1) is 17.6. The molecule has 4 aliphatic rings. The summed E-state index contributed by atoms with van der Waals surface area (Å²) in [6.07, 6.45) is 1.53. The number of hydrogen-bond acceptors (Lipinski definition) is 3. The lowest BCUT2D eigenvalue weighted by Crippen LogP contribution is -2.41. The van der Waals surface area contributed by atoms with Gasteiger partial charge in [-0.05, 0) is 39.9 Å². The van der Waals surface area contributed by atoms with Crippen molar-refractivity contribution in [3.8, 4) is 0 Å². The number of benzene rings is 3. The second-order valence-electron chi connectivity index (χ2n) is 8.05. The molecule has 0 aromatic heterocycles. The van der Waals surface area contributed by atoms with Crippen molar-refractivity contribution in [2.24, 2.45) is 16.9 Å². The van der Waals surface area contributed by atoms with Gasteiger partial charge in [-0.25, -0.2) is 0 Å². The van der Waals surface area contributed by atoms with Crippen LogP contribution in [0.1, 0.15) is 39.7 Å². The number of hydrazone groups is 1. The molecule has 4 nitrogen and oxygen atoms in total. The van der Waals surface area contributed by atoms with Crippen LogP contribution in [0, 0.1) is 11.8 Å². The van der Waals surface area contributed by atoms with Crippen LogP contribution >= 0.6 is 11.6 Å². The fourth-order valence-electron chi connectivity index (χ4n) is 5.49. The van der Waals surface area contributed by atoms with Gasteiger partial charge in [0.15, 0.2) is 0 Å². The summed E-state index contributed by atoms with van der Waals surface area (Å²) >= 11 is 6.04. The summed E-state index contributed by atoms with van der Waals surface area (Å²) in [5.41, 5.74) is 5.37. The van der Waals surface area contributed by atoms with Crippen LogP contribution in [0.5, 0.6) is 0 Å². The van der Waals surface area contributed by atoms with Crippen molar-refractivity contribution in [2.75, 3.05) is 0 Å². The SMILES string of the molecule is O=C1[C@@H]2C3c4ccccc4C(c4ccccc43)[C@H]2C(=O)N1/N=C\c1cccc(Cl)c1. The lowest BCUT2D eigenvalue weighted by molar-refractivity contribution is -0.139. The molecule has 0 spiro atoms. The normalized spacial score (nSPS) is 26.1. The minimum absolute atomic E-state index is 0.116. The third-order valence-electron chi connectivity index (χ3n) is 6.60. The highest BCUT2D eigenvalue weighted by molar-refractivity contribution is 6.30. The standard InChI is InChI=1S/C25H17ClN2O2/c26-15-7-5-6-14(12-15)13-27-28-24(29)22-20-16-8-1-2-9-17(16)21(23(22)25(28)30)19-11-4-3-10-18(19)20/h1-13,20-23H/b27-13-/t20?,21?,22-,23-/m1/s1. The van der Waals surface area contributed by atoms with Crippen molar-refractivity contribution >= 4 is 29.6 Å². The van der Waals surface area contributed by atoms with E-state index in [9.17, 15) is 9.59 Å².